The second-order valence-corrected chi connectivity index (χ2v) is 6.01. The van der Waals surface area contributed by atoms with Crippen LogP contribution in [0.5, 0.6) is 0 Å². The number of anilines is 3. The number of carbonyl (C=O) groups excluding carboxylic acids is 1. The van der Waals surface area contributed by atoms with Gasteiger partial charge in [0.1, 0.15) is 5.76 Å². The molecule has 3 aromatic rings. The third kappa shape index (κ3) is 4.17. The summed E-state index contributed by atoms with van der Waals surface area (Å²) < 4.78 is 4.95. The molecule has 0 aliphatic heterocycles. The van der Waals surface area contributed by atoms with Crippen LogP contribution in [0.2, 0.25) is 0 Å². The van der Waals surface area contributed by atoms with Gasteiger partial charge < -0.3 is 15.2 Å². The largest absolute Gasteiger partial charge is 0.361 e. The summed E-state index contributed by atoms with van der Waals surface area (Å²) in [5.74, 6) is 0.565. The minimum Gasteiger partial charge on any atom is -0.361 e. The van der Waals surface area contributed by atoms with Gasteiger partial charge in [0.2, 0.25) is 5.91 Å². The number of rotatable bonds is 5. The fraction of sp³-hybridized carbons (Fsp3) is 0.188. The van der Waals surface area contributed by atoms with E-state index in [1.54, 1.807) is 24.3 Å². The third-order valence-corrected chi connectivity index (χ3v) is 3.93. The number of thiazole rings is 1. The number of aryl methyl sites for hydroxylation is 2. The van der Waals surface area contributed by atoms with Crippen LogP contribution >= 0.6 is 11.3 Å². The molecule has 6 nitrogen and oxygen atoms in total. The van der Waals surface area contributed by atoms with Crippen LogP contribution in [-0.2, 0) is 11.2 Å². The van der Waals surface area contributed by atoms with Crippen LogP contribution in [0.15, 0.2) is 40.2 Å². The first-order valence-corrected chi connectivity index (χ1v) is 7.98. The van der Waals surface area contributed by atoms with Gasteiger partial charge in [-0.05, 0) is 38.1 Å². The van der Waals surface area contributed by atoms with Gasteiger partial charge in [-0.3, -0.25) is 4.79 Å². The Kier molecular flexibility index (Phi) is 4.38. The van der Waals surface area contributed by atoms with Gasteiger partial charge in [0.25, 0.3) is 0 Å². The van der Waals surface area contributed by atoms with Crippen molar-refractivity contribution in [2.75, 3.05) is 10.6 Å². The van der Waals surface area contributed by atoms with Crippen molar-refractivity contribution >= 4 is 33.8 Å². The SMILES string of the molecule is Cc1csc(Nc2ccc(NC(=O)Cc3cc(C)on3)cc2)n1. The summed E-state index contributed by atoms with van der Waals surface area (Å²) >= 11 is 1.55. The van der Waals surface area contributed by atoms with Crippen LogP contribution in [0.3, 0.4) is 0 Å². The van der Waals surface area contributed by atoms with Gasteiger partial charge in [-0.15, -0.1) is 11.3 Å². The number of nitrogens with one attached hydrogen (secondary N) is 2. The molecule has 0 aliphatic rings. The number of hydrogen-bond acceptors (Lipinski definition) is 6. The Bertz CT molecular complexity index is 808. The Hall–Kier alpha value is -2.67. The topological polar surface area (TPSA) is 80.0 Å². The molecule has 0 fully saturated rings. The van der Waals surface area contributed by atoms with Crippen molar-refractivity contribution in [2.24, 2.45) is 0 Å². The third-order valence-electron chi connectivity index (χ3n) is 3.06. The van der Waals surface area contributed by atoms with Crippen LogP contribution in [0.25, 0.3) is 0 Å². The molecular weight excluding hydrogens is 312 g/mol. The molecule has 0 bridgehead atoms. The van der Waals surface area contributed by atoms with Gasteiger partial charge in [-0.2, -0.15) is 0 Å². The molecule has 118 valence electrons. The molecule has 2 aromatic heterocycles. The zero-order chi connectivity index (χ0) is 16.2. The lowest BCUT2D eigenvalue weighted by Gasteiger charge is -2.06. The van der Waals surface area contributed by atoms with Crippen molar-refractivity contribution in [1.29, 1.82) is 0 Å². The first kappa shape index (κ1) is 15.2. The van der Waals surface area contributed by atoms with Crippen molar-refractivity contribution in [2.45, 2.75) is 20.3 Å². The minimum absolute atomic E-state index is 0.130. The molecular formula is C16H16N4O2S. The van der Waals surface area contributed by atoms with E-state index in [1.807, 2.05) is 36.6 Å². The fourth-order valence-electron chi connectivity index (χ4n) is 2.04. The fourth-order valence-corrected chi connectivity index (χ4v) is 2.75. The second-order valence-electron chi connectivity index (χ2n) is 5.15. The van der Waals surface area contributed by atoms with Crippen LogP contribution < -0.4 is 10.6 Å². The van der Waals surface area contributed by atoms with Crippen LogP contribution in [0.1, 0.15) is 17.1 Å². The van der Waals surface area contributed by atoms with Gasteiger partial charge >= 0.3 is 0 Å². The highest BCUT2D eigenvalue weighted by Crippen LogP contribution is 2.22. The zero-order valence-corrected chi connectivity index (χ0v) is 13.6. The molecule has 0 spiro atoms. The lowest BCUT2D eigenvalue weighted by atomic mass is 10.2. The van der Waals surface area contributed by atoms with Crippen LogP contribution in [0, 0.1) is 13.8 Å². The number of carbonyl (C=O) groups is 1. The quantitative estimate of drug-likeness (QED) is 0.747. The molecule has 0 aliphatic carbocycles. The Morgan fingerprint density at radius 1 is 1.22 bits per heavy atom. The lowest BCUT2D eigenvalue weighted by molar-refractivity contribution is -0.115. The van der Waals surface area contributed by atoms with E-state index in [9.17, 15) is 4.79 Å². The van der Waals surface area contributed by atoms with E-state index in [0.29, 0.717) is 11.5 Å². The van der Waals surface area contributed by atoms with Crippen molar-refractivity contribution < 1.29 is 9.32 Å². The molecule has 0 unspecified atom stereocenters. The molecule has 0 atom stereocenters. The summed E-state index contributed by atoms with van der Waals surface area (Å²) in [5, 5.41) is 12.7. The maximum Gasteiger partial charge on any atom is 0.230 e. The van der Waals surface area contributed by atoms with E-state index < -0.39 is 0 Å². The highest BCUT2D eigenvalue weighted by Gasteiger charge is 2.08. The van der Waals surface area contributed by atoms with Gasteiger partial charge in [-0.1, -0.05) is 5.16 Å². The van der Waals surface area contributed by atoms with Crippen molar-refractivity contribution in [3.8, 4) is 0 Å². The molecule has 0 radical (unpaired) electrons. The standard InChI is InChI=1S/C16H16N4O2S/c1-10-9-23-16(17-10)19-13-5-3-12(4-6-13)18-15(21)8-14-7-11(2)22-20-14/h3-7,9H,8H2,1-2H3,(H,17,19)(H,18,21). The number of aromatic nitrogens is 2. The summed E-state index contributed by atoms with van der Waals surface area (Å²) in [4.78, 5) is 16.3. The van der Waals surface area contributed by atoms with E-state index in [1.165, 1.54) is 0 Å². The van der Waals surface area contributed by atoms with Crippen molar-refractivity contribution in [3.05, 3.63) is 52.9 Å². The minimum atomic E-state index is -0.130. The molecule has 2 heterocycles. The molecule has 23 heavy (non-hydrogen) atoms. The van der Waals surface area contributed by atoms with E-state index in [0.717, 1.165) is 22.2 Å². The monoisotopic (exact) mass is 328 g/mol. The Morgan fingerprint density at radius 2 is 1.96 bits per heavy atom. The summed E-state index contributed by atoms with van der Waals surface area (Å²) in [6.07, 6.45) is 0.190. The van der Waals surface area contributed by atoms with Crippen LogP contribution in [-0.4, -0.2) is 16.0 Å². The summed E-state index contributed by atoms with van der Waals surface area (Å²) in [6, 6.07) is 9.23. The molecule has 2 N–H and O–H groups in total. The Balaban J connectivity index is 1.57. The molecule has 3 rings (SSSR count). The summed E-state index contributed by atoms with van der Waals surface area (Å²) in [7, 11) is 0. The Labute approximate surface area is 137 Å². The van der Waals surface area contributed by atoms with Crippen LogP contribution in [0.4, 0.5) is 16.5 Å². The average Bonchev–Trinajstić information content (AvgIpc) is 3.10. The first-order chi connectivity index (χ1) is 11.1. The van der Waals surface area contributed by atoms with E-state index in [2.05, 4.69) is 20.8 Å². The normalized spacial score (nSPS) is 10.5. The predicted molar refractivity (Wildman–Crippen MR) is 90.1 cm³/mol. The molecule has 7 heteroatoms. The first-order valence-electron chi connectivity index (χ1n) is 7.10. The van der Waals surface area contributed by atoms with Gasteiger partial charge in [-0.25, -0.2) is 4.98 Å². The van der Waals surface area contributed by atoms with Crippen molar-refractivity contribution in [1.82, 2.24) is 10.1 Å². The maximum absolute atomic E-state index is 12.0. The zero-order valence-electron chi connectivity index (χ0n) is 12.8. The summed E-state index contributed by atoms with van der Waals surface area (Å²) in [5.41, 5.74) is 3.27. The smallest absolute Gasteiger partial charge is 0.230 e. The van der Waals surface area contributed by atoms with E-state index >= 15 is 0 Å². The maximum atomic E-state index is 12.0. The molecule has 1 amide bonds. The van der Waals surface area contributed by atoms with Gasteiger partial charge in [0.15, 0.2) is 5.13 Å². The summed E-state index contributed by atoms with van der Waals surface area (Å²) in [6.45, 7) is 3.75. The number of benzene rings is 1. The van der Waals surface area contributed by atoms with E-state index in [4.69, 9.17) is 4.52 Å². The van der Waals surface area contributed by atoms with Gasteiger partial charge in [0.05, 0.1) is 17.8 Å². The molecule has 0 saturated carbocycles. The van der Waals surface area contributed by atoms with E-state index in [-0.39, 0.29) is 12.3 Å². The predicted octanol–water partition coefficient (Wildman–Crippen LogP) is 3.67. The number of hydrogen-bond donors (Lipinski definition) is 2. The molecule has 1 aromatic carbocycles. The highest BCUT2D eigenvalue weighted by atomic mass is 32.1. The lowest BCUT2D eigenvalue weighted by Crippen LogP contribution is -2.14. The van der Waals surface area contributed by atoms with Gasteiger partial charge in [0, 0.05) is 22.8 Å². The second kappa shape index (κ2) is 6.62. The molecule has 0 saturated heterocycles. The highest BCUT2D eigenvalue weighted by molar-refractivity contribution is 7.13. The van der Waals surface area contributed by atoms with Crippen molar-refractivity contribution in [3.63, 3.8) is 0 Å². The number of amides is 1. The Morgan fingerprint density at radius 3 is 2.57 bits per heavy atom. The number of nitrogens with zero attached hydrogens (tertiary/aromatic N) is 2. The average molecular weight is 328 g/mol.